The molecule has 220 valence electrons. The normalized spacial score (nSPS) is 18.2. The quantitative estimate of drug-likeness (QED) is 0.261. The van der Waals surface area contributed by atoms with Gasteiger partial charge in [-0.3, -0.25) is 9.10 Å². The topological polar surface area (TPSA) is 69.7 Å². The molecule has 3 aromatic rings. The third kappa shape index (κ3) is 7.41. The standard InChI is InChI=1S/C31H36Cl2FN3O3S/c1-36(2)30(23-7-6-8-24(34)19-23)22-13-11-21(12-14-22)17-18-35-31(38)26-9-4-5-10-29(26)37(3)41(39,40)25-15-16-27(32)28(33)20-25/h4-10,15-16,19-22,30H,11-14,17-18H2,1-3H3,(H,35,38). The molecule has 1 amide bonds. The molecule has 0 bridgehead atoms. The summed E-state index contributed by atoms with van der Waals surface area (Å²) in [5.41, 5.74) is 1.55. The van der Waals surface area contributed by atoms with Gasteiger partial charge in [0.25, 0.3) is 15.9 Å². The highest BCUT2D eigenvalue weighted by Crippen LogP contribution is 2.40. The minimum atomic E-state index is -3.98. The van der Waals surface area contributed by atoms with Crippen molar-refractivity contribution < 1.29 is 17.6 Å². The molecule has 0 aromatic heterocycles. The Bertz CT molecular complexity index is 1480. The van der Waals surface area contributed by atoms with Gasteiger partial charge in [0.1, 0.15) is 5.82 Å². The maximum Gasteiger partial charge on any atom is 0.264 e. The van der Waals surface area contributed by atoms with Crippen LogP contribution in [0.5, 0.6) is 0 Å². The van der Waals surface area contributed by atoms with E-state index in [1.165, 1.54) is 31.3 Å². The summed E-state index contributed by atoms with van der Waals surface area (Å²) in [7, 11) is 1.52. The molecule has 1 unspecified atom stereocenters. The van der Waals surface area contributed by atoms with E-state index in [0.29, 0.717) is 18.4 Å². The summed E-state index contributed by atoms with van der Waals surface area (Å²) < 4.78 is 41.5. The van der Waals surface area contributed by atoms with Gasteiger partial charge in [0, 0.05) is 19.6 Å². The summed E-state index contributed by atoms with van der Waals surface area (Å²) in [6, 6.07) is 17.8. The average Bonchev–Trinajstić information content (AvgIpc) is 2.94. The molecule has 1 fully saturated rings. The molecule has 1 saturated carbocycles. The van der Waals surface area contributed by atoms with Crippen molar-refractivity contribution in [2.24, 2.45) is 11.8 Å². The van der Waals surface area contributed by atoms with E-state index in [-0.39, 0.29) is 44.0 Å². The molecule has 10 heteroatoms. The third-order valence-corrected chi connectivity index (χ3v) is 10.5. The molecule has 1 N–H and O–H groups in total. The number of nitrogens with zero attached hydrogens (tertiary/aromatic N) is 2. The van der Waals surface area contributed by atoms with Gasteiger partial charge in [-0.2, -0.15) is 0 Å². The Hall–Kier alpha value is -2.65. The lowest BCUT2D eigenvalue weighted by molar-refractivity contribution is 0.0947. The zero-order valence-corrected chi connectivity index (χ0v) is 25.8. The van der Waals surface area contributed by atoms with Crippen molar-refractivity contribution >= 4 is 44.8 Å². The molecule has 0 saturated heterocycles. The second-order valence-electron chi connectivity index (χ2n) is 10.9. The van der Waals surface area contributed by atoms with Crippen LogP contribution in [-0.4, -0.2) is 46.9 Å². The maximum atomic E-state index is 13.9. The average molecular weight is 621 g/mol. The van der Waals surface area contributed by atoms with Crippen molar-refractivity contribution in [1.82, 2.24) is 10.2 Å². The fourth-order valence-corrected chi connectivity index (χ4v) is 7.43. The number of amides is 1. The number of hydrogen-bond donors (Lipinski definition) is 1. The minimum Gasteiger partial charge on any atom is -0.352 e. The van der Waals surface area contributed by atoms with Crippen molar-refractivity contribution in [1.29, 1.82) is 0 Å². The largest absolute Gasteiger partial charge is 0.352 e. The number of carbonyl (C=O) groups excluding carboxylic acids is 1. The summed E-state index contributed by atoms with van der Waals surface area (Å²) >= 11 is 12.0. The first kappa shape index (κ1) is 31.3. The predicted molar refractivity (Wildman–Crippen MR) is 164 cm³/mol. The van der Waals surface area contributed by atoms with Crippen LogP contribution < -0.4 is 9.62 Å². The van der Waals surface area contributed by atoms with Crippen molar-refractivity contribution in [3.05, 3.63) is 93.7 Å². The molecule has 0 spiro atoms. The summed E-state index contributed by atoms with van der Waals surface area (Å²) in [5, 5.41) is 3.37. The second kappa shape index (κ2) is 13.6. The van der Waals surface area contributed by atoms with E-state index >= 15 is 0 Å². The molecule has 6 nitrogen and oxygen atoms in total. The number of sulfonamides is 1. The van der Waals surface area contributed by atoms with E-state index in [4.69, 9.17) is 23.2 Å². The zero-order chi connectivity index (χ0) is 29.7. The summed E-state index contributed by atoms with van der Waals surface area (Å²) in [4.78, 5) is 15.3. The maximum absolute atomic E-state index is 13.9. The van der Waals surface area contributed by atoms with Crippen LogP contribution in [0.3, 0.4) is 0 Å². The Labute approximate surface area is 252 Å². The number of hydrogen-bond acceptors (Lipinski definition) is 4. The van der Waals surface area contributed by atoms with Crippen molar-refractivity contribution in [3.63, 3.8) is 0 Å². The minimum absolute atomic E-state index is 0.0193. The summed E-state index contributed by atoms with van der Waals surface area (Å²) in [5.74, 6) is 0.384. The van der Waals surface area contributed by atoms with Crippen LogP contribution in [-0.2, 0) is 10.0 Å². The van der Waals surface area contributed by atoms with E-state index < -0.39 is 10.0 Å². The molecule has 41 heavy (non-hydrogen) atoms. The molecule has 0 aliphatic heterocycles. The number of benzene rings is 3. The number of halogens is 3. The van der Waals surface area contributed by atoms with E-state index in [1.807, 2.05) is 20.2 Å². The van der Waals surface area contributed by atoms with Crippen LogP contribution in [0.1, 0.15) is 54.1 Å². The van der Waals surface area contributed by atoms with Gasteiger partial charge in [0.05, 0.1) is 26.2 Å². The van der Waals surface area contributed by atoms with Gasteiger partial charge in [0.15, 0.2) is 0 Å². The van der Waals surface area contributed by atoms with E-state index in [1.54, 1.807) is 36.4 Å². The molecule has 1 aliphatic rings. The zero-order valence-electron chi connectivity index (χ0n) is 23.5. The number of anilines is 1. The Balaban J connectivity index is 1.35. The second-order valence-corrected chi connectivity index (χ2v) is 13.6. The Morgan fingerprint density at radius 2 is 1.66 bits per heavy atom. The Morgan fingerprint density at radius 1 is 0.951 bits per heavy atom. The molecule has 4 rings (SSSR count). The first-order valence-electron chi connectivity index (χ1n) is 13.7. The fourth-order valence-electron chi connectivity index (χ4n) is 5.83. The number of rotatable bonds is 10. The SMILES string of the molecule is CN(C)C(c1cccc(F)c1)C1CCC(CCNC(=O)c2ccccc2N(C)S(=O)(=O)c2ccc(Cl)c(Cl)c2)CC1. The first-order chi connectivity index (χ1) is 19.5. The van der Waals surface area contributed by atoms with E-state index in [0.717, 1.165) is 42.0 Å². The van der Waals surface area contributed by atoms with Crippen LogP contribution in [0.15, 0.2) is 71.6 Å². The molecule has 0 radical (unpaired) electrons. The predicted octanol–water partition coefficient (Wildman–Crippen LogP) is 7.19. The van der Waals surface area contributed by atoms with E-state index in [2.05, 4.69) is 10.2 Å². The molecular weight excluding hydrogens is 584 g/mol. The van der Waals surface area contributed by atoms with E-state index in [9.17, 15) is 17.6 Å². The highest BCUT2D eigenvalue weighted by Gasteiger charge is 2.30. The lowest BCUT2D eigenvalue weighted by Crippen LogP contribution is -2.33. The van der Waals surface area contributed by atoms with Crippen LogP contribution in [0.25, 0.3) is 0 Å². The van der Waals surface area contributed by atoms with Gasteiger partial charge in [-0.1, -0.05) is 60.3 Å². The molecule has 3 aromatic carbocycles. The fraction of sp³-hybridized carbons (Fsp3) is 0.387. The van der Waals surface area contributed by atoms with Gasteiger partial charge in [-0.25, -0.2) is 12.8 Å². The van der Waals surface area contributed by atoms with Gasteiger partial charge in [0.2, 0.25) is 0 Å². The van der Waals surface area contributed by atoms with Crippen molar-refractivity contribution in [2.45, 2.75) is 43.0 Å². The number of para-hydroxylation sites is 1. The first-order valence-corrected chi connectivity index (χ1v) is 15.9. The highest BCUT2D eigenvalue weighted by atomic mass is 35.5. The Kier molecular flexibility index (Phi) is 10.3. The third-order valence-electron chi connectivity index (χ3n) is 7.96. The van der Waals surface area contributed by atoms with Gasteiger partial charge < -0.3 is 10.2 Å². The highest BCUT2D eigenvalue weighted by molar-refractivity contribution is 7.92. The van der Waals surface area contributed by atoms with Gasteiger partial charge in [-0.15, -0.1) is 0 Å². The monoisotopic (exact) mass is 619 g/mol. The van der Waals surface area contributed by atoms with Crippen LogP contribution in [0.4, 0.5) is 10.1 Å². The van der Waals surface area contributed by atoms with Crippen molar-refractivity contribution in [3.8, 4) is 0 Å². The lowest BCUT2D eigenvalue weighted by atomic mass is 9.75. The number of carbonyl (C=O) groups is 1. The summed E-state index contributed by atoms with van der Waals surface area (Å²) in [6.45, 7) is 0.493. The van der Waals surface area contributed by atoms with Crippen LogP contribution in [0.2, 0.25) is 10.0 Å². The van der Waals surface area contributed by atoms with Gasteiger partial charge >= 0.3 is 0 Å². The molecule has 0 heterocycles. The lowest BCUT2D eigenvalue weighted by Gasteiger charge is -2.37. The molecular formula is C31H36Cl2FN3O3S. The van der Waals surface area contributed by atoms with Gasteiger partial charge in [-0.05, 0) is 93.2 Å². The van der Waals surface area contributed by atoms with Crippen molar-refractivity contribution in [2.75, 3.05) is 32.0 Å². The summed E-state index contributed by atoms with van der Waals surface area (Å²) in [6.07, 6.45) is 5.00. The number of nitrogens with one attached hydrogen (secondary N) is 1. The smallest absolute Gasteiger partial charge is 0.264 e. The molecule has 1 aliphatic carbocycles. The Morgan fingerprint density at radius 3 is 2.32 bits per heavy atom. The van der Waals surface area contributed by atoms with Crippen LogP contribution in [0, 0.1) is 17.7 Å². The van der Waals surface area contributed by atoms with Crippen LogP contribution >= 0.6 is 23.2 Å². The molecule has 1 atom stereocenters.